The molecule has 3 N–H and O–H groups in total. The van der Waals surface area contributed by atoms with Gasteiger partial charge in [-0.2, -0.15) is 0 Å². The number of carbonyl (C=O) groups excluding carboxylic acids is 2. The molecular formula is C25H28N2O6. The van der Waals surface area contributed by atoms with Crippen molar-refractivity contribution >= 4 is 18.0 Å². The SMILES string of the molecule is CC[C@H](NC(=O)OCC1c2ccccc2-c2ccccc21)C(=O)NC[C@H]1C[C@@H](C(=O)O)CO1. The highest BCUT2D eigenvalue weighted by molar-refractivity contribution is 5.85. The fourth-order valence-corrected chi connectivity index (χ4v) is 4.49. The summed E-state index contributed by atoms with van der Waals surface area (Å²) in [4.78, 5) is 36.0. The van der Waals surface area contributed by atoms with E-state index in [1.54, 1.807) is 6.92 Å². The average Bonchev–Trinajstić information content (AvgIpc) is 3.43. The van der Waals surface area contributed by atoms with Crippen LogP contribution in [0.15, 0.2) is 48.5 Å². The predicted octanol–water partition coefficient (Wildman–Crippen LogP) is 2.91. The Balaban J connectivity index is 1.29. The molecule has 0 spiro atoms. The molecule has 8 nitrogen and oxygen atoms in total. The third-order valence-electron chi connectivity index (χ3n) is 6.29. The lowest BCUT2D eigenvalue weighted by Crippen LogP contribution is -2.48. The van der Waals surface area contributed by atoms with E-state index in [-0.39, 0.29) is 37.7 Å². The molecule has 2 aliphatic rings. The van der Waals surface area contributed by atoms with E-state index in [4.69, 9.17) is 14.6 Å². The first-order chi connectivity index (χ1) is 16.0. The summed E-state index contributed by atoms with van der Waals surface area (Å²) in [6.07, 6.45) is -0.255. The second kappa shape index (κ2) is 10.0. The second-order valence-corrected chi connectivity index (χ2v) is 8.40. The maximum Gasteiger partial charge on any atom is 0.407 e. The van der Waals surface area contributed by atoms with Crippen molar-refractivity contribution in [2.45, 2.75) is 37.8 Å². The summed E-state index contributed by atoms with van der Waals surface area (Å²) < 4.78 is 10.9. The van der Waals surface area contributed by atoms with Crippen LogP contribution in [0.4, 0.5) is 4.79 Å². The number of nitrogens with one attached hydrogen (secondary N) is 2. The van der Waals surface area contributed by atoms with Crippen molar-refractivity contribution in [1.82, 2.24) is 10.6 Å². The lowest BCUT2D eigenvalue weighted by Gasteiger charge is -2.19. The summed E-state index contributed by atoms with van der Waals surface area (Å²) in [6.45, 7) is 2.31. The van der Waals surface area contributed by atoms with Crippen LogP contribution in [0.2, 0.25) is 0 Å². The molecule has 3 atom stereocenters. The zero-order chi connectivity index (χ0) is 23.4. The van der Waals surface area contributed by atoms with Gasteiger partial charge in [0.05, 0.1) is 18.6 Å². The molecule has 8 heteroatoms. The van der Waals surface area contributed by atoms with Gasteiger partial charge in [0, 0.05) is 12.5 Å². The molecule has 1 aliphatic carbocycles. The number of aliphatic carboxylic acids is 1. The van der Waals surface area contributed by atoms with Gasteiger partial charge in [0.15, 0.2) is 0 Å². The van der Waals surface area contributed by atoms with Crippen molar-refractivity contribution in [2.24, 2.45) is 5.92 Å². The number of benzene rings is 2. The molecule has 1 saturated heterocycles. The molecule has 0 unspecified atom stereocenters. The minimum atomic E-state index is -0.896. The highest BCUT2D eigenvalue weighted by atomic mass is 16.5. The Labute approximate surface area is 192 Å². The van der Waals surface area contributed by atoms with Crippen molar-refractivity contribution in [2.75, 3.05) is 19.8 Å². The molecule has 0 bridgehead atoms. The van der Waals surface area contributed by atoms with Gasteiger partial charge in [0.2, 0.25) is 5.91 Å². The van der Waals surface area contributed by atoms with Gasteiger partial charge in [-0.15, -0.1) is 0 Å². The molecule has 1 heterocycles. The Kier molecular flexibility index (Phi) is 6.93. The van der Waals surface area contributed by atoms with Gasteiger partial charge in [0.1, 0.15) is 12.6 Å². The fourth-order valence-electron chi connectivity index (χ4n) is 4.49. The number of carbonyl (C=O) groups is 3. The zero-order valence-electron chi connectivity index (χ0n) is 18.5. The van der Waals surface area contributed by atoms with Crippen molar-refractivity contribution in [3.05, 3.63) is 59.7 Å². The molecule has 0 radical (unpaired) electrons. The predicted molar refractivity (Wildman–Crippen MR) is 121 cm³/mol. The topological polar surface area (TPSA) is 114 Å². The van der Waals surface area contributed by atoms with E-state index in [0.717, 1.165) is 22.3 Å². The molecular weight excluding hydrogens is 424 g/mol. The summed E-state index contributed by atoms with van der Waals surface area (Å²) in [5.74, 6) is -1.85. The summed E-state index contributed by atoms with van der Waals surface area (Å²) in [5.41, 5.74) is 4.53. The number of carboxylic acid groups (broad SMARTS) is 1. The quantitative estimate of drug-likeness (QED) is 0.568. The Hall–Kier alpha value is -3.39. The fraction of sp³-hybridized carbons (Fsp3) is 0.400. The number of rotatable bonds is 8. The molecule has 0 saturated carbocycles. The third kappa shape index (κ3) is 5.01. The molecule has 2 amide bonds. The number of alkyl carbamates (subject to hydrolysis) is 1. The van der Waals surface area contributed by atoms with Gasteiger partial charge in [-0.25, -0.2) is 4.79 Å². The van der Waals surface area contributed by atoms with Crippen LogP contribution in [0, 0.1) is 5.92 Å². The van der Waals surface area contributed by atoms with Gasteiger partial charge in [-0.3, -0.25) is 9.59 Å². The van der Waals surface area contributed by atoms with E-state index in [1.165, 1.54) is 0 Å². The van der Waals surface area contributed by atoms with E-state index in [1.807, 2.05) is 36.4 Å². The van der Waals surface area contributed by atoms with Crippen LogP contribution < -0.4 is 10.6 Å². The molecule has 33 heavy (non-hydrogen) atoms. The summed E-state index contributed by atoms with van der Waals surface area (Å²) in [6, 6.07) is 15.4. The van der Waals surface area contributed by atoms with Crippen LogP contribution in [0.5, 0.6) is 0 Å². The van der Waals surface area contributed by atoms with Gasteiger partial charge in [-0.05, 0) is 35.1 Å². The molecule has 4 rings (SSSR count). The number of fused-ring (bicyclic) bond motifs is 3. The van der Waals surface area contributed by atoms with Gasteiger partial charge in [-0.1, -0.05) is 55.5 Å². The molecule has 174 valence electrons. The lowest BCUT2D eigenvalue weighted by atomic mass is 9.98. The maximum absolute atomic E-state index is 12.5. The third-order valence-corrected chi connectivity index (χ3v) is 6.29. The number of hydrogen-bond acceptors (Lipinski definition) is 5. The van der Waals surface area contributed by atoms with Crippen molar-refractivity contribution < 1.29 is 29.0 Å². The lowest BCUT2D eigenvalue weighted by molar-refractivity contribution is -0.141. The van der Waals surface area contributed by atoms with Crippen LogP contribution in [-0.4, -0.2) is 55.0 Å². The molecule has 1 fully saturated rings. The van der Waals surface area contributed by atoms with Crippen molar-refractivity contribution in [3.8, 4) is 11.1 Å². The van der Waals surface area contributed by atoms with E-state index >= 15 is 0 Å². The standard InChI is InChI=1S/C25H28N2O6/c1-2-22(23(28)26-12-16-11-15(13-32-16)24(29)30)27-25(31)33-14-21-19-9-5-3-7-17(19)18-8-4-6-10-20(18)21/h3-10,15-16,21-22H,2,11-14H2,1H3,(H,26,28)(H,27,31)(H,29,30)/t15-,16-,22+/m1/s1. The highest BCUT2D eigenvalue weighted by Gasteiger charge is 2.32. The minimum absolute atomic E-state index is 0.0567. The van der Waals surface area contributed by atoms with Gasteiger partial charge < -0.3 is 25.2 Å². The van der Waals surface area contributed by atoms with Crippen LogP contribution in [-0.2, 0) is 19.1 Å². The summed E-state index contributed by atoms with van der Waals surface area (Å²) in [7, 11) is 0. The largest absolute Gasteiger partial charge is 0.481 e. The number of amides is 2. The smallest absolute Gasteiger partial charge is 0.407 e. The van der Waals surface area contributed by atoms with Crippen molar-refractivity contribution in [3.63, 3.8) is 0 Å². The molecule has 2 aromatic carbocycles. The summed E-state index contributed by atoms with van der Waals surface area (Å²) in [5, 5.41) is 14.4. The van der Waals surface area contributed by atoms with Crippen LogP contribution in [0.3, 0.4) is 0 Å². The van der Waals surface area contributed by atoms with Gasteiger partial charge in [0.25, 0.3) is 0 Å². The molecule has 2 aromatic rings. The maximum atomic E-state index is 12.5. The highest BCUT2D eigenvalue weighted by Crippen LogP contribution is 2.44. The Morgan fingerprint density at radius 1 is 1.09 bits per heavy atom. The van der Waals surface area contributed by atoms with Crippen LogP contribution in [0.25, 0.3) is 11.1 Å². The number of ether oxygens (including phenoxy) is 2. The number of carboxylic acids is 1. The first kappa shape index (κ1) is 22.8. The first-order valence-electron chi connectivity index (χ1n) is 11.2. The van der Waals surface area contributed by atoms with E-state index in [0.29, 0.717) is 12.8 Å². The van der Waals surface area contributed by atoms with Gasteiger partial charge >= 0.3 is 12.1 Å². The number of hydrogen-bond donors (Lipinski definition) is 3. The minimum Gasteiger partial charge on any atom is -0.481 e. The first-order valence-corrected chi connectivity index (χ1v) is 11.2. The Bertz CT molecular complexity index is 994. The zero-order valence-corrected chi connectivity index (χ0v) is 18.5. The average molecular weight is 453 g/mol. The van der Waals surface area contributed by atoms with Crippen molar-refractivity contribution in [1.29, 1.82) is 0 Å². The molecule has 0 aromatic heterocycles. The van der Waals surface area contributed by atoms with E-state index in [2.05, 4.69) is 22.8 Å². The monoisotopic (exact) mass is 452 g/mol. The Morgan fingerprint density at radius 3 is 2.30 bits per heavy atom. The van der Waals surface area contributed by atoms with E-state index < -0.39 is 24.0 Å². The summed E-state index contributed by atoms with van der Waals surface area (Å²) >= 11 is 0. The normalized spacial score (nSPS) is 19.9. The second-order valence-electron chi connectivity index (χ2n) is 8.40. The Morgan fingerprint density at radius 2 is 1.73 bits per heavy atom. The van der Waals surface area contributed by atoms with E-state index in [9.17, 15) is 14.4 Å². The van der Waals surface area contributed by atoms with Crippen LogP contribution >= 0.6 is 0 Å². The molecule has 1 aliphatic heterocycles. The van der Waals surface area contributed by atoms with Crippen LogP contribution in [0.1, 0.15) is 36.8 Å².